The lowest BCUT2D eigenvalue weighted by atomic mass is 10.0. The Kier molecular flexibility index (Phi) is 5.19. The van der Waals surface area contributed by atoms with Gasteiger partial charge in [0.2, 0.25) is 0 Å². The van der Waals surface area contributed by atoms with Crippen molar-refractivity contribution in [1.29, 1.82) is 0 Å². The van der Waals surface area contributed by atoms with Gasteiger partial charge in [-0.15, -0.1) is 0 Å². The average molecular weight is 319 g/mol. The van der Waals surface area contributed by atoms with Gasteiger partial charge in [-0.25, -0.2) is 0 Å². The van der Waals surface area contributed by atoms with Crippen molar-refractivity contribution in [2.45, 2.75) is 19.9 Å². The third-order valence-corrected chi connectivity index (χ3v) is 3.02. The van der Waals surface area contributed by atoms with Crippen LogP contribution in [0.3, 0.4) is 0 Å². The molecule has 3 N–H and O–H groups in total. The van der Waals surface area contributed by atoms with Crippen molar-refractivity contribution in [2.75, 3.05) is 0 Å². The van der Waals surface area contributed by atoms with Crippen molar-refractivity contribution in [1.82, 2.24) is 16.2 Å². The molecule has 0 saturated heterocycles. The smallest absolute Gasteiger partial charge is 0.305 e. The summed E-state index contributed by atoms with van der Waals surface area (Å²) in [5, 5.41) is 2.56. The number of hydrazine groups is 1. The summed E-state index contributed by atoms with van der Waals surface area (Å²) in [6.45, 7) is 3.53. The first-order chi connectivity index (χ1) is 11.0. The zero-order valence-electron chi connectivity index (χ0n) is 12.7. The molecular weight excluding hydrogens is 302 g/mol. The minimum Gasteiger partial charge on any atom is -0.459 e. The molecule has 0 fully saturated rings. The Bertz CT molecular complexity index is 661. The minimum absolute atomic E-state index is 0.0611. The van der Waals surface area contributed by atoms with Crippen LogP contribution in [0.15, 0.2) is 45.6 Å². The summed E-state index contributed by atoms with van der Waals surface area (Å²) in [4.78, 5) is 35.8. The van der Waals surface area contributed by atoms with Gasteiger partial charge >= 0.3 is 5.91 Å². The molecule has 0 saturated carbocycles. The average Bonchev–Trinajstić information content (AvgIpc) is 3.22. The Labute approximate surface area is 132 Å². The Morgan fingerprint density at radius 1 is 0.913 bits per heavy atom. The van der Waals surface area contributed by atoms with Gasteiger partial charge in [0.25, 0.3) is 11.8 Å². The van der Waals surface area contributed by atoms with Crippen LogP contribution in [0.5, 0.6) is 0 Å². The number of nitrogens with one attached hydrogen (secondary N) is 3. The van der Waals surface area contributed by atoms with Gasteiger partial charge in [-0.2, -0.15) is 0 Å². The van der Waals surface area contributed by atoms with Gasteiger partial charge in [-0.1, -0.05) is 13.8 Å². The molecule has 0 bridgehead atoms. The SMILES string of the molecule is CC(C)[C@H](NC(=O)c1ccco1)C(=O)NNC(=O)c1ccco1. The first kappa shape index (κ1) is 16.3. The summed E-state index contributed by atoms with van der Waals surface area (Å²) in [6.07, 6.45) is 2.71. The molecule has 2 aromatic heterocycles. The van der Waals surface area contributed by atoms with E-state index >= 15 is 0 Å². The molecule has 2 aromatic rings. The molecule has 0 aromatic carbocycles. The van der Waals surface area contributed by atoms with E-state index in [9.17, 15) is 14.4 Å². The van der Waals surface area contributed by atoms with Crippen molar-refractivity contribution in [3.8, 4) is 0 Å². The Balaban J connectivity index is 1.93. The third-order valence-electron chi connectivity index (χ3n) is 3.02. The molecule has 0 aliphatic carbocycles. The van der Waals surface area contributed by atoms with E-state index in [2.05, 4.69) is 16.2 Å². The van der Waals surface area contributed by atoms with Gasteiger partial charge in [0, 0.05) is 0 Å². The number of hydrogen-bond acceptors (Lipinski definition) is 5. The molecule has 3 amide bonds. The Morgan fingerprint density at radius 2 is 1.48 bits per heavy atom. The summed E-state index contributed by atoms with van der Waals surface area (Å²) in [6, 6.07) is 5.23. The molecule has 8 nitrogen and oxygen atoms in total. The van der Waals surface area contributed by atoms with Gasteiger partial charge in [0.15, 0.2) is 11.5 Å². The number of carbonyl (C=O) groups is 3. The summed E-state index contributed by atoms with van der Waals surface area (Å²) in [5.41, 5.74) is 4.48. The minimum atomic E-state index is -0.843. The monoisotopic (exact) mass is 319 g/mol. The lowest BCUT2D eigenvalue weighted by molar-refractivity contribution is -0.124. The number of furan rings is 2. The van der Waals surface area contributed by atoms with E-state index < -0.39 is 23.8 Å². The van der Waals surface area contributed by atoms with E-state index in [0.717, 1.165) is 0 Å². The van der Waals surface area contributed by atoms with Crippen molar-refractivity contribution >= 4 is 17.7 Å². The topological polar surface area (TPSA) is 114 Å². The largest absolute Gasteiger partial charge is 0.459 e. The second-order valence-corrected chi connectivity index (χ2v) is 5.09. The van der Waals surface area contributed by atoms with Crippen LogP contribution in [0.25, 0.3) is 0 Å². The van der Waals surface area contributed by atoms with E-state index in [1.54, 1.807) is 26.0 Å². The van der Waals surface area contributed by atoms with Crippen LogP contribution in [0, 0.1) is 5.92 Å². The Hall–Kier alpha value is -3.03. The van der Waals surface area contributed by atoms with E-state index in [1.165, 1.54) is 24.7 Å². The fourth-order valence-electron chi connectivity index (χ4n) is 1.82. The van der Waals surface area contributed by atoms with Crippen LogP contribution < -0.4 is 16.2 Å². The van der Waals surface area contributed by atoms with Crippen LogP contribution in [0.1, 0.15) is 35.0 Å². The Morgan fingerprint density at radius 3 is 1.96 bits per heavy atom. The zero-order valence-corrected chi connectivity index (χ0v) is 12.7. The molecule has 0 unspecified atom stereocenters. The molecule has 2 rings (SSSR count). The predicted molar refractivity (Wildman–Crippen MR) is 79.1 cm³/mol. The normalized spacial score (nSPS) is 11.8. The van der Waals surface area contributed by atoms with Gasteiger partial charge < -0.3 is 14.2 Å². The van der Waals surface area contributed by atoms with E-state index in [0.29, 0.717) is 0 Å². The number of hydrogen-bond donors (Lipinski definition) is 3. The first-order valence-corrected chi connectivity index (χ1v) is 6.97. The second-order valence-electron chi connectivity index (χ2n) is 5.09. The summed E-state index contributed by atoms with van der Waals surface area (Å²) < 4.78 is 9.88. The van der Waals surface area contributed by atoms with Crippen LogP contribution in [-0.2, 0) is 4.79 Å². The maximum Gasteiger partial charge on any atom is 0.305 e. The summed E-state index contributed by atoms with van der Waals surface area (Å²) in [7, 11) is 0. The van der Waals surface area contributed by atoms with E-state index in [4.69, 9.17) is 8.83 Å². The molecule has 8 heteroatoms. The van der Waals surface area contributed by atoms with Crippen LogP contribution in [-0.4, -0.2) is 23.8 Å². The molecule has 0 radical (unpaired) electrons. The van der Waals surface area contributed by atoms with Gasteiger partial charge in [0.1, 0.15) is 6.04 Å². The predicted octanol–water partition coefficient (Wildman–Crippen LogP) is 1.09. The molecule has 0 aliphatic heterocycles. The lowest BCUT2D eigenvalue weighted by Gasteiger charge is -2.21. The highest BCUT2D eigenvalue weighted by Crippen LogP contribution is 2.06. The summed E-state index contributed by atoms with van der Waals surface area (Å²) in [5.74, 6) is -1.70. The molecular formula is C15H17N3O5. The van der Waals surface area contributed by atoms with E-state index in [1.807, 2.05) is 0 Å². The second kappa shape index (κ2) is 7.30. The van der Waals surface area contributed by atoms with Gasteiger partial charge in [-0.05, 0) is 30.2 Å². The van der Waals surface area contributed by atoms with Crippen LogP contribution >= 0.6 is 0 Å². The first-order valence-electron chi connectivity index (χ1n) is 6.97. The molecule has 122 valence electrons. The highest BCUT2D eigenvalue weighted by Gasteiger charge is 2.26. The zero-order chi connectivity index (χ0) is 16.8. The lowest BCUT2D eigenvalue weighted by Crippen LogP contribution is -2.54. The van der Waals surface area contributed by atoms with Gasteiger partial charge in [0.05, 0.1) is 12.5 Å². The van der Waals surface area contributed by atoms with Crippen molar-refractivity contribution in [3.63, 3.8) is 0 Å². The molecule has 0 spiro atoms. The maximum atomic E-state index is 12.2. The standard InChI is InChI=1S/C15H17N3O5/c1-9(2)12(16-13(19)10-5-3-7-22-10)15(21)18-17-14(20)11-6-4-8-23-11/h3-9,12H,1-2H3,(H,16,19)(H,17,20)(H,18,21)/t12-/m0/s1. The van der Waals surface area contributed by atoms with Gasteiger partial charge in [-0.3, -0.25) is 25.2 Å². The van der Waals surface area contributed by atoms with Crippen LogP contribution in [0.2, 0.25) is 0 Å². The quantitative estimate of drug-likeness (QED) is 0.714. The number of carbonyl (C=O) groups excluding carboxylic acids is 3. The summed E-state index contributed by atoms with van der Waals surface area (Å²) >= 11 is 0. The van der Waals surface area contributed by atoms with E-state index in [-0.39, 0.29) is 17.4 Å². The highest BCUT2D eigenvalue weighted by atomic mass is 16.3. The molecule has 2 heterocycles. The third kappa shape index (κ3) is 4.22. The maximum absolute atomic E-state index is 12.2. The number of rotatable bonds is 5. The van der Waals surface area contributed by atoms with Crippen molar-refractivity contribution < 1.29 is 23.2 Å². The van der Waals surface area contributed by atoms with Crippen molar-refractivity contribution in [2.24, 2.45) is 5.92 Å². The molecule has 23 heavy (non-hydrogen) atoms. The van der Waals surface area contributed by atoms with Crippen molar-refractivity contribution in [3.05, 3.63) is 48.3 Å². The fraction of sp³-hybridized carbons (Fsp3) is 0.267. The fourth-order valence-corrected chi connectivity index (χ4v) is 1.82. The molecule has 1 atom stereocenters. The molecule has 0 aliphatic rings. The highest BCUT2D eigenvalue weighted by molar-refractivity contribution is 5.97. The number of amides is 3. The van der Waals surface area contributed by atoms with Crippen LogP contribution in [0.4, 0.5) is 0 Å².